The lowest BCUT2D eigenvalue weighted by Gasteiger charge is -2.34. The molecule has 1 heterocycles. The molecular weight excluding hydrogens is 254 g/mol. The number of rotatable bonds is 3. The van der Waals surface area contributed by atoms with Crippen molar-refractivity contribution in [1.29, 1.82) is 0 Å². The molecule has 5 nitrogen and oxygen atoms in total. The molecule has 0 radical (unpaired) electrons. The third-order valence-corrected chi connectivity index (χ3v) is 3.48. The second-order valence-corrected chi connectivity index (χ2v) is 5.03. The fraction of sp³-hybridized carbons (Fsp3) is 0.467. The zero-order valence-corrected chi connectivity index (χ0v) is 12.0. The molecule has 0 aromatic heterocycles. The normalized spacial score (nSPS) is 18.7. The highest BCUT2D eigenvalue weighted by Crippen LogP contribution is 2.15. The Morgan fingerprint density at radius 1 is 1.45 bits per heavy atom. The molecule has 20 heavy (non-hydrogen) atoms. The molecule has 2 amide bonds. The molecule has 108 valence electrons. The van der Waals surface area contributed by atoms with Gasteiger partial charge in [0.2, 0.25) is 5.91 Å². The number of hydrogen-bond donors (Lipinski definition) is 2. The fourth-order valence-electron chi connectivity index (χ4n) is 2.29. The number of carbonyl (C=O) groups excluding carboxylic acids is 2. The molecular formula is C15H21N3O2. The zero-order valence-electron chi connectivity index (χ0n) is 12.0. The van der Waals surface area contributed by atoms with Gasteiger partial charge in [-0.1, -0.05) is 13.0 Å². The van der Waals surface area contributed by atoms with Crippen molar-refractivity contribution in [3.05, 3.63) is 29.8 Å². The van der Waals surface area contributed by atoms with Crippen molar-refractivity contribution in [3.8, 4) is 0 Å². The Bertz CT molecular complexity index is 502. The summed E-state index contributed by atoms with van der Waals surface area (Å²) in [5.74, 6) is -0.0308. The van der Waals surface area contributed by atoms with Gasteiger partial charge in [0.05, 0.1) is 0 Å². The minimum atomic E-state index is -0.0508. The molecule has 0 saturated carbocycles. The van der Waals surface area contributed by atoms with Gasteiger partial charge in [0, 0.05) is 43.3 Å². The van der Waals surface area contributed by atoms with Crippen molar-refractivity contribution in [2.45, 2.75) is 26.3 Å². The maximum atomic E-state index is 12.5. The molecule has 0 spiro atoms. The fourth-order valence-corrected chi connectivity index (χ4v) is 2.29. The first-order chi connectivity index (χ1) is 9.61. The maximum Gasteiger partial charge on any atom is 0.254 e. The number of hydrogen-bond acceptors (Lipinski definition) is 3. The molecule has 1 saturated heterocycles. The van der Waals surface area contributed by atoms with Gasteiger partial charge in [-0.3, -0.25) is 9.59 Å². The average molecular weight is 275 g/mol. The number of benzene rings is 1. The molecule has 5 heteroatoms. The van der Waals surface area contributed by atoms with E-state index in [-0.39, 0.29) is 17.9 Å². The van der Waals surface area contributed by atoms with Crippen molar-refractivity contribution in [2.75, 3.05) is 25.0 Å². The smallest absolute Gasteiger partial charge is 0.254 e. The number of piperazine rings is 1. The summed E-state index contributed by atoms with van der Waals surface area (Å²) in [6.07, 6.45) is 0.424. The van der Waals surface area contributed by atoms with Crippen LogP contribution in [-0.4, -0.2) is 42.4 Å². The van der Waals surface area contributed by atoms with E-state index in [0.29, 0.717) is 24.2 Å². The number of nitrogens with zero attached hydrogens (tertiary/aromatic N) is 1. The largest absolute Gasteiger partial charge is 0.333 e. The average Bonchev–Trinajstić information content (AvgIpc) is 2.47. The van der Waals surface area contributed by atoms with Crippen LogP contribution in [0.1, 0.15) is 30.6 Å². The van der Waals surface area contributed by atoms with Crippen LogP contribution in [0.15, 0.2) is 24.3 Å². The lowest BCUT2D eigenvalue weighted by atomic mass is 10.1. The van der Waals surface area contributed by atoms with Gasteiger partial charge in [-0.05, 0) is 25.1 Å². The molecule has 1 aromatic rings. The standard InChI is InChI=1S/C15H21N3O2/c1-3-14(19)17-13-6-4-5-12(9-13)15(20)18-8-7-16-10-11(18)2/h4-6,9,11,16H,3,7-8,10H2,1-2H3,(H,17,19)/t11-/m1/s1. The predicted molar refractivity (Wildman–Crippen MR) is 78.7 cm³/mol. The first kappa shape index (κ1) is 14.5. The highest BCUT2D eigenvalue weighted by Gasteiger charge is 2.24. The van der Waals surface area contributed by atoms with Crippen LogP contribution in [0.4, 0.5) is 5.69 Å². The molecule has 1 aromatic carbocycles. The summed E-state index contributed by atoms with van der Waals surface area (Å²) in [5, 5.41) is 6.04. The summed E-state index contributed by atoms with van der Waals surface area (Å²) in [5.41, 5.74) is 1.29. The number of carbonyl (C=O) groups is 2. The highest BCUT2D eigenvalue weighted by molar-refractivity contribution is 5.97. The SMILES string of the molecule is CCC(=O)Nc1cccc(C(=O)N2CCNC[C@H]2C)c1. The van der Waals surface area contributed by atoms with Gasteiger partial charge in [0.1, 0.15) is 0 Å². The Hall–Kier alpha value is -1.88. The van der Waals surface area contributed by atoms with Crippen LogP contribution in [0.3, 0.4) is 0 Å². The van der Waals surface area contributed by atoms with Crippen molar-refractivity contribution >= 4 is 17.5 Å². The first-order valence-electron chi connectivity index (χ1n) is 7.03. The Morgan fingerprint density at radius 3 is 2.95 bits per heavy atom. The summed E-state index contributed by atoms with van der Waals surface area (Å²) in [6.45, 7) is 6.19. The second kappa shape index (κ2) is 6.52. The lowest BCUT2D eigenvalue weighted by molar-refractivity contribution is -0.115. The van der Waals surface area contributed by atoms with Crippen LogP contribution in [0, 0.1) is 0 Å². The van der Waals surface area contributed by atoms with Gasteiger partial charge in [0.15, 0.2) is 0 Å². The Balaban J connectivity index is 2.13. The van der Waals surface area contributed by atoms with E-state index in [1.807, 2.05) is 11.8 Å². The van der Waals surface area contributed by atoms with E-state index in [1.165, 1.54) is 0 Å². The Labute approximate surface area is 119 Å². The topological polar surface area (TPSA) is 61.4 Å². The molecule has 2 N–H and O–H groups in total. The number of anilines is 1. The van der Waals surface area contributed by atoms with Gasteiger partial charge >= 0.3 is 0 Å². The van der Waals surface area contributed by atoms with Crippen LogP contribution < -0.4 is 10.6 Å². The van der Waals surface area contributed by atoms with Crippen LogP contribution in [0.2, 0.25) is 0 Å². The van der Waals surface area contributed by atoms with Crippen LogP contribution in [-0.2, 0) is 4.79 Å². The van der Waals surface area contributed by atoms with Crippen LogP contribution in [0.5, 0.6) is 0 Å². The van der Waals surface area contributed by atoms with Crippen molar-refractivity contribution < 1.29 is 9.59 Å². The molecule has 2 rings (SSSR count). The minimum Gasteiger partial charge on any atom is -0.333 e. The van der Waals surface area contributed by atoms with E-state index in [9.17, 15) is 9.59 Å². The van der Waals surface area contributed by atoms with E-state index in [1.54, 1.807) is 31.2 Å². The van der Waals surface area contributed by atoms with Gasteiger partial charge in [-0.15, -0.1) is 0 Å². The Morgan fingerprint density at radius 2 is 2.25 bits per heavy atom. The van der Waals surface area contributed by atoms with Crippen molar-refractivity contribution in [3.63, 3.8) is 0 Å². The Kier molecular flexibility index (Phi) is 4.74. The third kappa shape index (κ3) is 3.36. The van der Waals surface area contributed by atoms with E-state index >= 15 is 0 Å². The molecule has 1 fully saturated rings. The van der Waals surface area contributed by atoms with Gasteiger partial charge in [0.25, 0.3) is 5.91 Å². The first-order valence-corrected chi connectivity index (χ1v) is 7.03. The molecule has 0 aliphatic carbocycles. The molecule has 1 aliphatic rings. The second-order valence-electron chi connectivity index (χ2n) is 5.03. The monoisotopic (exact) mass is 275 g/mol. The summed E-state index contributed by atoms with van der Waals surface area (Å²) in [6, 6.07) is 7.31. The number of amides is 2. The third-order valence-electron chi connectivity index (χ3n) is 3.48. The summed E-state index contributed by atoms with van der Waals surface area (Å²) >= 11 is 0. The zero-order chi connectivity index (χ0) is 14.5. The molecule has 1 aliphatic heterocycles. The van der Waals surface area contributed by atoms with Crippen molar-refractivity contribution in [2.24, 2.45) is 0 Å². The van der Waals surface area contributed by atoms with E-state index in [2.05, 4.69) is 10.6 Å². The lowest BCUT2D eigenvalue weighted by Crippen LogP contribution is -2.52. The van der Waals surface area contributed by atoms with E-state index in [0.717, 1.165) is 13.1 Å². The van der Waals surface area contributed by atoms with E-state index in [4.69, 9.17) is 0 Å². The summed E-state index contributed by atoms with van der Waals surface area (Å²) in [7, 11) is 0. The number of nitrogens with one attached hydrogen (secondary N) is 2. The minimum absolute atomic E-state index is 0.0200. The highest BCUT2D eigenvalue weighted by atomic mass is 16.2. The summed E-state index contributed by atoms with van der Waals surface area (Å²) in [4.78, 5) is 25.8. The van der Waals surface area contributed by atoms with Crippen LogP contribution >= 0.6 is 0 Å². The quantitative estimate of drug-likeness (QED) is 0.878. The maximum absolute atomic E-state index is 12.5. The van der Waals surface area contributed by atoms with Gasteiger partial charge in [-0.2, -0.15) is 0 Å². The van der Waals surface area contributed by atoms with E-state index < -0.39 is 0 Å². The molecule has 1 atom stereocenters. The van der Waals surface area contributed by atoms with Crippen LogP contribution in [0.25, 0.3) is 0 Å². The molecule has 0 unspecified atom stereocenters. The van der Waals surface area contributed by atoms with Gasteiger partial charge < -0.3 is 15.5 Å². The van der Waals surface area contributed by atoms with Gasteiger partial charge in [-0.25, -0.2) is 0 Å². The predicted octanol–water partition coefficient (Wildman–Crippen LogP) is 1.47. The van der Waals surface area contributed by atoms with Crippen molar-refractivity contribution in [1.82, 2.24) is 10.2 Å². The summed E-state index contributed by atoms with van der Waals surface area (Å²) < 4.78 is 0. The molecule has 0 bridgehead atoms.